The van der Waals surface area contributed by atoms with Gasteiger partial charge in [-0.2, -0.15) is 0 Å². The van der Waals surface area contributed by atoms with Gasteiger partial charge in [0.2, 0.25) is 0 Å². The van der Waals surface area contributed by atoms with Crippen LogP contribution in [0.4, 0.5) is 17.1 Å². The number of para-hydroxylation sites is 1. The molecule has 2 aromatic rings. The first-order valence-corrected chi connectivity index (χ1v) is 10.6. The van der Waals surface area contributed by atoms with Crippen molar-refractivity contribution in [1.82, 2.24) is 0 Å². The highest BCUT2D eigenvalue weighted by atomic mass is 127. The zero-order valence-electron chi connectivity index (χ0n) is 16.8. The quantitative estimate of drug-likeness (QED) is 0.175. The highest BCUT2D eigenvalue weighted by Gasteiger charge is 2.17. The SMILES string of the molecule is CCCCCN(CCCCC)c1ccc2c(c1)Sc1ccccc1N2.I.I.I. The van der Waals surface area contributed by atoms with Crippen LogP contribution >= 0.6 is 83.7 Å². The van der Waals surface area contributed by atoms with Crippen LogP contribution in [-0.4, -0.2) is 13.1 Å². The van der Waals surface area contributed by atoms with Crippen LogP contribution < -0.4 is 10.2 Å². The zero-order chi connectivity index (χ0) is 17.5. The van der Waals surface area contributed by atoms with Gasteiger partial charge in [0.25, 0.3) is 0 Å². The van der Waals surface area contributed by atoms with Gasteiger partial charge < -0.3 is 10.2 Å². The Morgan fingerprint density at radius 1 is 0.750 bits per heavy atom. The van der Waals surface area contributed by atoms with Gasteiger partial charge in [0, 0.05) is 28.6 Å². The lowest BCUT2D eigenvalue weighted by molar-refractivity contribution is 0.636. The Balaban J connectivity index is 0.00000243. The summed E-state index contributed by atoms with van der Waals surface area (Å²) in [5, 5.41) is 3.57. The third-order valence-corrected chi connectivity index (χ3v) is 5.90. The molecule has 0 aliphatic carbocycles. The van der Waals surface area contributed by atoms with Crippen LogP contribution in [0.3, 0.4) is 0 Å². The molecule has 6 heteroatoms. The van der Waals surface area contributed by atoms with Gasteiger partial charge in [0.15, 0.2) is 0 Å². The first-order chi connectivity index (χ1) is 12.3. The largest absolute Gasteiger partial charge is 0.372 e. The summed E-state index contributed by atoms with van der Waals surface area (Å²) >= 11 is 1.88. The predicted octanol–water partition coefficient (Wildman–Crippen LogP) is 8.94. The second-order valence-electron chi connectivity index (χ2n) is 6.80. The molecule has 28 heavy (non-hydrogen) atoms. The topological polar surface area (TPSA) is 15.3 Å². The average molecular weight is 738 g/mol. The highest BCUT2D eigenvalue weighted by Crippen LogP contribution is 2.45. The Labute approximate surface area is 226 Å². The van der Waals surface area contributed by atoms with Crippen molar-refractivity contribution in [3.05, 3.63) is 42.5 Å². The Hall–Kier alpha value is 0.580. The summed E-state index contributed by atoms with van der Waals surface area (Å²) in [7, 11) is 0. The number of unbranched alkanes of at least 4 members (excludes halogenated alkanes) is 4. The maximum Gasteiger partial charge on any atom is 0.0527 e. The molecule has 0 atom stereocenters. The highest BCUT2D eigenvalue weighted by molar-refractivity contribution is 14.0. The van der Waals surface area contributed by atoms with Crippen LogP contribution in [0.1, 0.15) is 52.4 Å². The number of rotatable bonds is 9. The third-order valence-electron chi connectivity index (χ3n) is 4.77. The molecule has 0 saturated carbocycles. The van der Waals surface area contributed by atoms with Crippen molar-refractivity contribution in [1.29, 1.82) is 0 Å². The van der Waals surface area contributed by atoms with Gasteiger partial charge in [-0.3, -0.25) is 0 Å². The summed E-state index contributed by atoms with van der Waals surface area (Å²) in [4.78, 5) is 5.25. The van der Waals surface area contributed by atoms with Crippen molar-refractivity contribution >= 4 is 101 Å². The van der Waals surface area contributed by atoms with E-state index in [0.29, 0.717) is 0 Å². The van der Waals surface area contributed by atoms with Crippen LogP contribution in [0.5, 0.6) is 0 Å². The number of hydrogen-bond donors (Lipinski definition) is 1. The maximum absolute atomic E-state index is 3.57. The van der Waals surface area contributed by atoms with E-state index in [2.05, 4.69) is 66.5 Å². The predicted molar refractivity (Wildman–Crippen MR) is 158 cm³/mol. The van der Waals surface area contributed by atoms with E-state index in [0.717, 1.165) is 0 Å². The van der Waals surface area contributed by atoms with E-state index in [-0.39, 0.29) is 71.9 Å². The molecule has 158 valence electrons. The molecule has 3 rings (SSSR count). The van der Waals surface area contributed by atoms with Crippen LogP contribution in [-0.2, 0) is 0 Å². The van der Waals surface area contributed by atoms with E-state index in [4.69, 9.17) is 0 Å². The summed E-state index contributed by atoms with van der Waals surface area (Å²) in [6, 6.07) is 15.5. The van der Waals surface area contributed by atoms with Gasteiger partial charge in [0.05, 0.1) is 11.4 Å². The second-order valence-corrected chi connectivity index (χ2v) is 7.89. The molecule has 0 saturated heterocycles. The Bertz CT molecular complexity index is 687. The molecule has 0 radical (unpaired) electrons. The molecule has 0 spiro atoms. The monoisotopic (exact) mass is 738 g/mol. The van der Waals surface area contributed by atoms with Crippen molar-refractivity contribution < 1.29 is 0 Å². The number of benzene rings is 2. The van der Waals surface area contributed by atoms with Gasteiger partial charge in [-0.05, 0) is 43.2 Å². The fourth-order valence-corrected chi connectivity index (χ4v) is 4.31. The summed E-state index contributed by atoms with van der Waals surface area (Å²) in [5.41, 5.74) is 3.82. The Morgan fingerprint density at radius 3 is 2.00 bits per heavy atom. The summed E-state index contributed by atoms with van der Waals surface area (Å²) in [6.07, 6.45) is 7.77. The van der Waals surface area contributed by atoms with Crippen molar-refractivity contribution in [2.75, 3.05) is 23.3 Å². The van der Waals surface area contributed by atoms with Crippen molar-refractivity contribution in [3.63, 3.8) is 0 Å². The van der Waals surface area contributed by atoms with Crippen molar-refractivity contribution in [3.8, 4) is 0 Å². The Kier molecular flexibility index (Phi) is 15.7. The molecule has 1 aliphatic rings. The van der Waals surface area contributed by atoms with Gasteiger partial charge >= 0.3 is 0 Å². The van der Waals surface area contributed by atoms with Crippen LogP contribution in [0, 0.1) is 0 Å². The minimum atomic E-state index is 0. The van der Waals surface area contributed by atoms with E-state index in [1.807, 2.05) is 11.8 Å². The van der Waals surface area contributed by atoms with E-state index >= 15 is 0 Å². The van der Waals surface area contributed by atoms with Crippen molar-refractivity contribution in [2.24, 2.45) is 0 Å². The van der Waals surface area contributed by atoms with Crippen LogP contribution in [0.25, 0.3) is 0 Å². The van der Waals surface area contributed by atoms with Crippen LogP contribution in [0.2, 0.25) is 0 Å². The second kappa shape index (κ2) is 15.4. The summed E-state index contributed by atoms with van der Waals surface area (Å²) < 4.78 is 0. The smallest absolute Gasteiger partial charge is 0.0527 e. The van der Waals surface area contributed by atoms with E-state index in [1.165, 1.54) is 78.5 Å². The molecule has 1 N–H and O–H groups in total. The molecule has 0 bridgehead atoms. The lowest BCUT2D eigenvalue weighted by Crippen LogP contribution is -2.25. The number of anilines is 3. The van der Waals surface area contributed by atoms with E-state index < -0.39 is 0 Å². The number of nitrogens with one attached hydrogen (secondary N) is 1. The Morgan fingerprint density at radius 2 is 1.36 bits per heavy atom. The van der Waals surface area contributed by atoms with Crippen LogP contribution in [0.15, 0.2) is 52.3 Å². The van der Waals surface area contributed by atoms with Gasteiger partial charge in [-0.15, -0.1) is 71.9 Å². The number of nitrogens with zero attached hydrogens (tertiary/aromatic N) is 1. The van der Waals surface area contributed by atoms with E-state index in [9.17, 15) is 0 Å². The lowest BCUT2D eigenvalue weighted by atomic mass is 10.1. The van der Waals surface area contributed by atoms with Gasteiger partial charge in [0.1, 0.15) is 0 Å². The average Bonchev–Trinajstić information content (AvgIpc) is 2.65. The zero-order valence-corrected chi connectivity index (χ0v) is 24.6. The standard InChI is InChI=1S/C22H30N2S.3HI/c1-3-5-9-15-24(16-10-6-4-2)18-13-14-20-22(17-18)25-21-12-8-7-11-19(21)23-20;;;/h7-8,11-14,17,23H,3-6,9-10,15-16H2,1-2H3;3*1H. The van der Waals surface area contributed by atoms with Gasteiger partial charge in [-0.25, -0.2) is 0 Å². The molecular weight excluding hydrogens is 705 g/mol. The number of halogens is 3. The molecule has 0 amide bonds. The van der Waals surface area contributed by atoms with Crippen molar-refractivity contribution in [2.45, 2.75) is 62.2 Å². The molecular formula is C22H33I3N2S. The van der Waals surface area contributed by atoms with E-state index in [1.54, 1.807) is 0 Å². The number of hydrogen-bond acceptors (Lipinski definition) is 3. The number of fused-ring (bicyclic) bond motifs is 2. The molecule has 1 heterocycles. The molecule has 0 aromatic heterocycles. The third kappa shape index (κ3) is 8.02. The maximum atomic E-state index is 3.57. The minimum Gasteiger partial charge on any atom is -0.372 e. The fourth-order valence-electron chi connectivity index (χ4n) is 3.29. The molecule has 1 aliphatic heterocycles. The summed E-state index contributed by atoms with van der Waals surface area (Å²) in [5.74, 6) is 0. The molecule has 2 nitrogen and oxygen atoms in total. The normalized spacial score (nSPS) is 10.9. The van der Waals surface area contributed by atoms with Gasteiger partial charge in [-0.1, -0.05) is 63.4 Å². The molecule has 2 aromatic carbocycles. The lowest BCUT2D eigenvalue weighted by Gasteiger charge is -2.27. The molecule has 0 unspecified atom stereocenters. The summed E-state index contributed by atoms with van der Waals surface area (Å²) in [6.45, 7) is 6.90. The first kappa shape index (κ1) is 28.6. The molecule has 0 fully saturated rings. The fraction of sp³-hybridized carbons (Fsp3) is 0.455. The first-order valence-electron chi connectivity index (χ1n) is 9.74. The minimum absolute atomic E-state index is 0.